The Morgan fingerprint density at radius 2 is 1.76 bits per heavy atom. The predicted octanol–water partition coefficient (Wildman–Crippen LogP) is 4.63. The number of carbonyl (C=O) groups is 2. The number of alkyl halides is 3. The zero-order chi connectivity index (χ0) is 21.9. The van der Waals surface area contributed by atoms with E-state index >= 15 is 0 Å². The molecule has 0 atom stereocenters. The van der Waals surface area contributed by atoms with Gasteiger partial charge in [-0.05, 0) is 30.3 Å². The molecule has 154 valence electrons. The summed E-state index contributed by atoms with van der Waals surface area (Å²) in [4.78, 5) is 35.5. The van der Waals surface area contributed by atoms with Crippen LogP contribution < -0.4 is 5.32 Å². The third-order valence-corrected chi connectivity index (χ3v) is 4.32. The molecule has 2 aromatic carbocycles. The van der Waals surface area contributed by atoms with Crippen molar-refractivity contribution in [1.82, 2.24) is 4.90 Å². The lowest BCUT2D eigenvalue weighted by Crippen LogP contribution is -2.35. The molecule has 2 rings (SSSR count). The van der Waals surface area contributed by atoms with Crippen LogP contribution in [-0.4, -0.2) is 35.2 Å². The summed E-state index contributed by atoms with van der Waals surface area (Å²) >= 11 is 11.2. The summed E-state index contributed by atoms with van der Waals surface area (Å²) in [6.45, 7) is -0.515. The third-order valence-electron chi connectivity index (χ3n) is 3.67. The van der Waals surface area contributed by atoms with Crippen molar-refractivity contribution in [3.8, 4) is 0 Å². The van der Waals surface area contributed by atoms with E-state index in [1.54, 1.807) is 0 Å². The summed E-state index contributed by atoms with van der Waals surface area (Å²) in [6, 6.07) is 6.23. The molecule has 0 aliphatic rings. The number of hydrogen-bond acceptors (Lipinski definition) is 4. The Morgan fingerprint density at radius 1 is 1.14 bits per heavy atom. The number of likely N-dealkylation sites (N-methyl/N-ethyl adjacent to an activating group) is 1. The van der Waals surface area contributed by atoms with Gasteiger partial charge in [0, 0.05) is 24.4 Å². The van der Waals surface area contributed by atoms with Gasteiger partial charge in [-0.25, -0.2) is 0 Å². The van der Waals surface area contributed by atoms with E-state index in [4.69, 9.17) is 23.2 Å². The highest BCUT2D eigenvalue weighted by atomic mass is 35.5. The molecule has 7 nitrogen and oxygen atoms in total. The SMILES string of the molecule is CN(CC(=O)Nc1ccc(Cl)c(C(F)(F)F)c1)C(=O)c1ccc(Cl)c([N+](=O)[O-])c1. The average Bonchev–Trinajstić information content (AvgIpc) is 2.61. The molecule has 0 aromatic heterocycles. The van der Waals surface area contributed by atoms with Gasteiger partial charge in [0.2, 0.25) is 5.91 Å². The number of carbonyl (C=O) groups excluding carboxylic acids is 2. The number of halogens is 5. The van der Waals surface area contributed by atoms with Gasteiger partial charge in [0.05, 0.1) is 22.1 Å². The van der Waals surface area contributed by atoms with Gasteiger partial charge < -0.3 is 10.2 Å². The van der Waals surface area contributed by atoms with Gasteiger partial charge in [0.1, 0.15) is 5.02 Å². The summed E-state index contributed by atoms with van der Waals surface area (Å²) in [5.41, 5.74) is -1.83. The lowest BCUT2D eigenvalue weighted by atomic mass is 10.1. The van der Waals surface area contributed by atoms with Crippen molar-refractivity contribution in [3.05, 3.63) is 67.7 Å². The summed E-state index contributed by atoms with van der Waals surface area (Å²) in [6.07, 6.45) is -4.70. The molecule has 0 radical (unpaired) electrons. The summed E-state index contributed by atoms with van der Waals surface area (Å²) in [5, 5.41) is 12.5. The maximum absolute atomic E-state index is 12.9. The number of anilines is 1. The molecule has 0 aliphatic carbocycles. The van der Waals surface area contributed by atoms with Crippen LogP contribution in [0.5, 0.6) is 0 Å². The van der Waals surface area contributed by atoms with Gasteiger partial charge in [0.25, 0.3) is 11.6 Å². The molecule has 29 heavy (non-hydrogen) atoms. The molecule has 0 heterocycles. The van der Waals surface area contributed by atoms with Gasteiger partial charge in [-0.2, -0.15) is 13.2 Å². The zero-order valence-electron chi connectivity index (χ0n) is 14.6. The van der Waals surface area contributed by atoms with E-state index in [2.05, 4.69) is 5.32 Å². The second-order valence-electron chi connectivity index (χ2n) is 5.83. The Bertz CT molecular complexity index is 983. The smallest absolute Gasteiger partial charge is 0.332 e. The van der Waals surface area contributed by atoms with E-state index in [1.807, 2.05) is 0 Å². The first-order valence-electron chi connectivity index (χ1n) is 7.76. The molecule has 0 fully saturated rings. The number of hydrogen-bond donors (Lipinski definition) is 1. The van der Waals surface area contributed by atoms with Crippen LogP contribution in [0.4, 0.5) is 24.5 Å². The molecule has 0 saturated heterocycles. The van der Waals surface area contributed by atoms with Crippen LogP contribution in [0, 0.1) is 10.1 Å². The number of amides is 2. The molecule has 0 saturated carbocycles. The molecule has 2 amide bonds. The van der Waals surface area contributed by atoms with Crippen molar-refractivity contribution in [3.63, 3.8) is 0 Å². The number of nitrogens with one attached hydrogen (secondary N) is 1. The fourth-order valence-electron chi connectivity index (χ4n) is 2.31. The minimum absolute atomic E-state index is 0.0812. The zero-order valence-corrected chi connectivity index (χ0v) is 16.1. The monoisotopic (exact) mass is 449 g/mol. The molecule has 0 bridgehead atoms. The van der Waals surface area contributed by atoms with Crippen molar-refractivity contribution in [2.45, 2.75) is 6.18 Å². The Morgan fingerprint density at radius 3 is 2.34 bits per heavy atom. The number of nitro benzene ring substituents is 1. The lowest BCUT2D eigenvalue weighted by Gasteiger charge is -2.17. The van der Waals surface area contributed by atoms with Crippen LogP contribution >= 0.6 is 23.2 Å². The minimum Gasteiger partial charge on any atom is -0.332 e. The van der Waals surface area contributed by atoms with Crippen molar-refractivity contribution in [1.29, 1.82) is 0 Å². The lowest BCUT2D eigenvalue weighted by molar-refractivity contribution is -0.384. The van der Waals surface area contributed by atoms with E-state index in [1.165, 1.54) is 25.2 Å². The first kappa shape index (κ1) is 22.4. The van der Waals surface area contributed by atoms with E-state index < -0.39 is 45.7 Å². The fourth-order valence-corrected chi connectivity index (χ4v) is 2.73. The second-order valence-corrected chi connectivity index (χ2v) is 6.64. The second kappa shape index (κ2) is 8.66. The summed E-state index contributed by atoms with van der Waals surface area (Å²) in [7, 11) is 1.26. The van der Waals surface area contributed by atoms with Gasteiger partial charge in [-0.15, -0.1) is 0 Å². The van der Waals surface area contributed by atoms with Gasteiger partial charge >= 0.3 is 6.18 Å². The van der Waals surface area contributed by atoms with E-state index in [9.17, 15) is 32.9 Å². The highest BCUT2D eigenvalue weighted by molar-refractivity contribution is 6.32. The minimum atomic E-state index is -4.70. The molecule has 0 aliphatic heterocycles. The van der Waals surface area contributed by atoms with Gasteiger partial charge in [0.15, 0.2) is 0 Å². The van der Waals surface area contributed by atoms with Crippen molar-refractivity contribution in [2.75, 3.05) is 18.9 Å². The number of nitro groups is 1. The van der Waals surface area contributed by atoms with Crippen molar-refractivity contribution < 1.29 is 27.7 Å². The Labute approximate surface area is 172 Å². The molecule has 0 unspecified atom stereocenters. The average molecular weight is 450 g/mol. The quantitative estimate of drug-likeness (QED) is 0.531. The largest absolute Gasteiger partial charge is 0.417 e. The standard InChI is InChI=1S/C17H12Cl2F3N3O4/c1-24(16(27)9-2-4-13(19)14(6-9)25(28)29)8-15(26)23-10-3-5-12(18)11(7-10)17(20,21)22/h2-7H,8H2,1H3,(H,23,26). The number of nitrogens with zero attached hydrogens (tertiary/aromatic N) is 2. The summed E-state index contributed by atoms with van der Waals surface area (Å²) in [5.74, 6) is -1.49. The number of rotatable bonds is 5. The Hall–Kier alpha value is -2.85. The Kier molecular flexibility index (Phi) is 6.70. The van der Waals surface area contributed by atoms with Crippen molar-refractivity contribution >= 4 is 46.4 Å². The maximum atomic E-state index is 12.9. The third kappa shape index (κ3) is 5.58. The molecule has 2 aromatic rings. The number of benzene rings is 2. The molecule has 12 heteroatoms. The molecular formula is C17H12Cl2F3N3O4. The first-order chi connectivity index (χ1) is 13.4. The topological polar surface area (TPSA) is 92.6 Å². The van der Waals surface area contributed by atoms with Gasteiger partial charge in [-0.3, -0.25) is 19.7 Å². The van der Waals surface area contributed by atoms with Crippen LogP contribution in [0.25, 0.3) is 0 Å². The van der Waals surface area contributed by atoms with Crippen LogP contribution in [0.2, 0.25) is 10.0 Å². The predicted molar refractivity (Wildman–Crippen MR) is 100 cm³/mol. The molecule has 0 spiro atoms. The Balaban J connectivity index is 2.10. The van der Waals surface area contributed by atoms with Crippen LogP contribution in [-0.2, 0) is 11.0 Å². The van der Waals surface area contributed by atoms with Crippen LogP contribution in [0.3, 0.4) is 0 Å². The van der Waals surface area contributed by atoms with Crippen molar-refractivity contribution in [2.24, 2.45) is 0 Å². The first-order valence-corrected chi connectivity index (χ1v) is 8.51. The highest BCUT2D eigenvalue weighted by Gasteiger charge is 2.33. The molecular weight excluding hydrogens is 438 g/mol. The summed E-state index contributed by atoms with van der Waals surface area (Å²) < 4.78 is 38.6. The maximum Gasteiger partial charge on any atom is 0.417 e. The van der Waals surface area contributed by atoms with Crippen LogP contribution in [0.15, 0.2) is 36.4 Å². The highest BCUT2D eigenvalue weighted by Crippen LogP contribution is 2.36. The molecule has 1 N–H and O–H groups in total. The fraction of sp³-hybridized carbons (Fsp3) is 0.176. The van der Waals surface area contributed by atoms with Gasteiger partial charge in [-0.1, -0.05) is 23.2 Å². The van der Waals surface area contributed by atoms with E-state index in [-0.39, 0.29) is 16.3 Å². The van der Waals surface area contributed by atoms with Crippen LogP contribution in [0.1, 0.15) is 15.9 Å². The van der Waals surface area contributed by atoms with E-state index in [0.29, 0.717) is 6.07 Å². The normalized spacial score (nSPS) is 11.1. The van der Waals surface area contributed by atoms with E-state index in [0.717, 1.165) is 17.0 Å².